The monoisotopic (exact) mass is 402 g/mol. The van der Waals surface area contributed by atoms with E-state index in [0.717, 1.165) is 13.0 Å². The van der Waals surface area contributed by atoms with E-state index < -0.39 is 0 Å². The molecule has 0 bridgehead atoms. The van der Waals surface area contributed by atoms with Crippen molar-refractivity contribution in [3.05, 3.63) is 35.9 Å². The van der Waals surface area contributed by atoms with Crippen molar-refractivity contribution in [1.82, 2.24) is 10.2 Å². The third-order valence-electron chi connectivity index (χ3n) is 3.68. The molecule has 4 nitrogen and oxygen atoms in total. The van der Waals surface area contributed by atoms with Gasteiger partial charge in [-0.3, -0.25) is 0 Å². The molecule has 0 amide bonds. The predicted molar refractivity (Wildman–Crippen MR) is 100 cm³/mol. The highest BCUT2D eigenvalue weighted by molar-refractivity contribution is 14.0. The van der Waals surface area contributed by atoms with Gasteiger partial charge in [0.05, 0.1) is 6.54 Å². The summed E-state index contributed by atoms with van der Waals surface area (Å²) in [5.74, 6) is 0.549. The number of benzene rings is 1. The fraction of sp³-hybridized carbons (Fsp3) is 0.562. The Morgan fingerprint density at radius 2 is 1.86 bits per heavy atom. The number of guanidine groups is 1. The van der Waals surface area contributed by atoms with Crippen LogP contribution in [0.15, 0.2) is 35.3 Å². The summed E-state index contributed by atoms with van der Waals surface area (Å²) >= 11 is 0. The van der Waals surface area contributed by atoms with E-state index in [-0.39, 0.29) is 24.0 Å². The minimum Gasteiger partial charge on any atom is -0.370 e. The number of nitrogens with two attached hydrogens (primary N) is 1. The van der Waals surface area contributed by atoms with E-state index in [0.29, 0.717) is 12.5 Å². The Labute approximate surface area is 145 Å². The van der Waals surface area contributed by atoms with E-state index in [1.807, 2.05) is 18.2 Å². The van der Waals surface area contributed by atoms with Gasteiger partial charge in [-0.25, -0.2) is 4.99 Å². The number of piperidine rings is 1. The summed E-state index contributed by atoms with van der Waals surface area (Å²) < 4.78 is 0. The number of nitrogens with one attached hydrogen (secondary N) is 1. The van der Waals surface area contributed by atoms with Crippen LogP contribution in [-0.4, -0.2) is 37.0 Å². The standard InChI is InChI=1S/C16H26N4.HI/c17-16(19-14-15-8-3-1-4-9-15)18-10-7-13-20-11-5-2-6-12-20;/h1,3-4,8-9H,2,5-7,10-14H2,(H3,17,18,19);1H. The van der Waals surface area contributed by atoms with Crippen LogP contribution in [0.2, 0.25) is 0 Å². The molecule has 0 radical (unpaired) electrons. The molecule has 0 spiro atoms. The van der Waals surface area contributed by atoms with Gasteiger partial charge >= 0.3 is 0 Å². The first kappa shape index (κ1) is 18.2. The summed E-state index contributed by atoms with van der Waals surface area (Å²) in [6, 6.07) is 10.2. The van der Waals surface area contributed by atoms with Crippen LogP contribution in [0.4, 0.5) is 0 Å². The highest BCUT2D eigenvalue weighted by Gasteiger charge is 2.08. The second-order valence-electron chi connectivity index (χ2n) is 5.37. The van der Waals surface area contributed by atoms with Crippen LogP contribution >= 0.6 is 24.0 Å². The third kappa shape index (κ3) is 7.66. The molecule has 0 unspecified atom stereocenters. The minimum atomic E-state index is 0. The molecule has 0 atom stereocenters. The van der Waals surface area contributed by atoms with E-state index in [1.54, 1.807) is 0 Å². The Balaban J connectivity index is 0.00000220. The zero-order valence-corrected chi connectivity index (χ0v) is 15.0. The fourth-order valence-electron chi connectivity index (χ4n) is 2.52. The third-order valence-corrected chi connectivity index (χ3v) is 3.68. The number of aliphatic imine (C=N–C) groups is 1. The van der Waals surface area contributed by atoms with E-state index in [1.165, 1.54) is 44.5 Å². The number of likely N-dealkylation sites (tertiary alicyclic amines) is 1. The summed E-state index contributed by atoms with van der Waals surface area (Å²) in [6.45, 7) is 5.24. The zero-order valence-electron chi connectivity index (χ0n) is 12.6. The van der Waals surface area contributed by atoms with Gasteiger partial charge in [-0.05, 0) is 44.5 Å². The summed E-state index contributed by atoms with van der Waals surface area (Å²) in [5, 5.41) is 3.19. The second-order valence-corrected chi connectivity index (χ2v) is 5.37. The topological polar surface area (TPSA) is 53.6 Å². The van der Waals surface area contributed by atoms with Crippen LogP contribution in [0.25, 0.3) is 0 Å². The first-order chi connectivity index (χ1) is 9.84. The Bertz CT molecular complexity index is 402. The van der Waals surface area contributed by atoms with Crippen LogP contribution in [0.1, 0.15) is 31.2 Å². The van der Waals surface area contributed by atoms with E-state index >= 15 is 0 Å². The predicted octanol–water partition coefficient (Wildman–Crippen LogP) is 2.58. The Kier molecular flexibility index (Phi) is 9.41. The van der Waals surface area contributed by atoms with Crippen molar-refractivity contribution in [2.75, 3.05) is 26.2 Å². The van der Waals surface area contributed by atoms with Gasteiger partial charge in [0.15, 0.2) is 5.96 Å². The highest BCUT2D eigenvalue weighted by Crippen LogP contribution is 2.08. The minimum absolute atomic E-state index is 0. The van der Waals surface area contributed by atoms with Gasteiger partial charge in [0.25, 0.3) is 0 Å². The summed E-state index contributed by atoms with van der Waals surface area (Å²) in [4.78, 5) is 6.89. The fourth-order valence-corrected chi connectivity index (χ4v) is 2.52. The highest BCUT2D eigenvalue weighted by atomic mass is 127. The smallest absolute Gasteiger partial charge is 0.188 e. The molecule has 3 N–H and O–H groups in total. The van der Waals surface area contributed by atoms with Crippen LogP contribution in [0.3, 0.4) is 0 Å². The van der Waals surface area contributed by atoms with Crippen molar-refractivity contribution >= 4 is 29.9 Å². The van der Waals surface area contributed by atoms with Gasteiger partial charge in [0.2, 0.25) is 0 Å². The molecule has 1 heterocycles. The maximum Gasteiger partial charge on any atom is 0.188 e. The van der Waals surface area contributed by atoms with Gasteiger partial charge in [-0.2, -0.15) is 0 Å². The Morgan fingerprint density at radius 1 is 1.14 bits per heavy atom. The summed E-state index contributed by atoms with van der Waals surface area (Å²) in [6.07, 6.45) is 5.23. The molecule has 1 saturated heterocycles. The van der Waals surface area contributed by atoms with Crippen molar-refractivity contribution in [3.8, 4) is 0 Å². The molecule has 0 aliphatic carbocycles. The molecule has 1 aromatic carbocycles. The van der Waals surface area contributed by atoms with Gasteiger partial charge in [0, 0.05) is 6.54 Å². The molecular formula is C16H27IN4. The van der Waals surface area contributed by atoms with Crippen molar-refractivity contribution in [2.24, 2.45) is 10.7 Å². The van der Waals surface area contributed by atoms with Crippen molar-refractivity contribution in [1.29, 1.82) is 0 Å². The Morgan fingerprint density at radius 3 is 2.57 bits per heavy atom. The van der Waals surface area contributed by atoms with Gasteiger partial charge in [-0.1, -0.05) is 36.8 Å². The normalized spacial score (nSPS) is 16.3. The molecule has 1 aromatic rings. The van der Waals surface area contributed by atoms with Crippen molar-refractivity contribution in [2.45, 2.75) is 32.2 Å². The van der Waals surface area contributed by atoms with Gasteiger partial charge in [0.1, 0.15) is 0 Å². The summed E-state index contributed by atoms with van der Waals surface area (Å²) in [7, 11) is 0. The van der Waals surface area contributed by atoms with Gasteiger partial charge in [-0.15, -0.1) is 24.0 Å². The molecule has 118 valence electrons. The van der Waals surface area contributed by atoms with Crippen LogP contribution in [0.5, 0.6) is 0 Å². The summed E-state index contributed by atoms with van der Waals surface area (Å²) in [5.41, 5.74) is 7.05. The molecule has 5 heteroatoms. The largest absolute Gasteiger partial charge is 0.370 e. The lowest BCUT2D eigenvalue weighted by Gasteiger charge is -2.26. The molecule has 1 fully saturated rings. The molecule has 1 aliphatic heterocycles. The maximum atomic E-state index is 5.87. The van der Waals surface area contributed by atoms with Crippen LogP contribution in [0, 0.1) is 0 Å². The lowest BCUT2D eigenvalue weighted by Crippen LogP contribution is -2.36. The van der Waals surface area contributed by atoms with E-state index in [2.05, 4.69) is 27.3 Å². The van der Waals surface area contributed by atoms with E-state index in [9.17, 15) is 0 Å². The molecular weight excluding hydrogens is 375 g/mol. The molecule has 2 rings (SSSR count). The maximum absolute atomic E-state index is 5.87. The number of hydrogen-bond donors (Lipinski definition) is 2. The van der Waals surface area contributed by atoms with Gasteiger partial charge < -0.3 is 16.0 Å². The molecule has 0 aromatic heterocycles. The number of halogens is 1. The lowest BCUT2D eigenvalue weighted by molar-refractivity contribution is 0.227. The van der Waals surface area contributed by atoms with Crippen LogP contribution in [-0.2, 0) is 6.54 Å². The lowest BCUT2D eigenvalue weighted by atomic mass is 10.1. The quantitative estimate of drug-likeness (QED) is 0.333. The number of hydrogen-bond acceptors (Lipinski definition) is 2. The zero-order chi connectivity index (χ0) is 14.0. The second kappa shape index (κ2) is 10.8. The van der Waals surface area contributed by atoms with Crippen molar-refractivity contribution < 1.29 is 0 Å². The number of nitrogens with zero attached hydrogens (tertiary/aromatic N) is 2. The van der Waals surface area contributed by atoms with Crippen molar-refractivity contribution in [3.63, 3.8) is 0 Å². The molecule has 21 heavy (non-hydrogen) atoms. The first-order valence-electron chi connectivity index (χ1n) is 7.64. The molecule has 0 saturated carbocycles. The van der Waals surface area contributed by atoms with Crippen LogP contribution < -0.4 is 11.1 Å². The molecule has 1 aliphatic rings. The average molecular weight is 402 g/mol. The first-order valence-corrected chi connectivity index (χ1v) is 7.64. The SMILES string of the molecule is I.NC(=NCc1ccccc1)NCCCN1CCCCC1. The average Bonchev–Trinajstić information content (AvgIpc) is 2.52. The number of rotatable bonds is 6. The van der Waals surface area contributed by atoms with E-state index in [4.69, 9.17) is 5.73 Å². The Hall–Kier alpha value is -0.820.